The molecule has 2 aromatic carbocycles. The summed E-state index contributed by atoms with van der Waals surface area (Å²) >= 11 is 1.48. The summed E-state index contributed by atoms with van der Waals surface area (Å²) in [5, 5.41) is 11.2. The molecule has 0 fully saturated rings. The predicted molar refractivity (Wildman–Crippen MR) is 90.2 cm³/mol. The molecule has 0 spiro atoms. The van der Waals surface area contributed by atoms with Gasteiger partial charge in [0.15, 0.2) is 5.43 Å². The molecule has 0 unspecified atom stereocenters. The zero-order valence-electron chi connectivity index (χ0n) is 11.5. The maximum atomic E-state index is 12.6. The van der Waals surface area contributed by atoms with Crippen molar-refractivity contribution < 1.29 is 9.90 Å². The smallest absolute Gasteiger partial charge is 0.328 e. The predicted octanol–water partition coefficient (Wildman–Crippen LogP) is 4.03. The van der Waals surface area contributed by atoms with Crippen molar-refractivity contribution >= 4 is 33.5 Å². The van der Waals surface area contributed by atoms with E-state index in [1.54, 1.807) is 12.1 Å². The van der Waals surface area contributed by atoms with E-state index in [2.05, 4.69) is 0 Å². The Morgan fingerprint density at radius 1 is 1.09 bits per heavy atom. The first-order valence-corrected chi connectivity index (χ1v) is 7.55. The van der Waals surface area contributed by atoms with Crippen molar-refractivity contribution in [1.29, 1.82) is 0 Å². The van der Waals surface area contributed by atoms with E-state index in [1.807, 2.05) is 41.8 Å². The van der Waals surface area contributed by atoms with Gasteiger partial charge in [-0.15, -0.1) is 11.3 Å². The quantitative estimate of drug-likeness (QED) is 0.743. The number of carboxylic acid groups (broad SMARTS) is 1. The van der Waals surface area contributed by atoms with Crippen molar-refractivity contribution in [2.45, 2.75) is 0 Å². The second kappa shape index (κ2) is 5.95. The summed E-state index contributed by atoms with van der Waals surface area (Å²) in [5.74, 6) is -0.993. The first-order valence-electron chi connectivity index (χ1n) is 6.67. The van der Waals surface area contributed by atoms with Crippen LogP contribution in [0.1, 0.15) is 5.56 Å². The number of fused-ring (bicyclic) bond motifs is 1. The fourth-order valence-corrected chi connectivity index (χ4v) is 3.21. The number of carboxylic acids is 1. The van der Waals surface area contributed by atoms with Crippen LogP contribution in [0.5, 0.6) is 0 Å². The molecule has 1 heterocycles. The van der Waals surface area contributed by atoms with Crippen molar-refractivity contribution in [2.24, 2.45) is 0 Å². The van der Waals surface area contributed by atoms with Gasteiger partial charge in [0.05, 0.1) is 0 Å². The molecule has 0 aliphatic rings. The molecule has 0 aliphatic carbocycles. The van der Waals surface area contributed by atoms with Crippen LogP contribution in [0, 0.1) is 0 Å². The first kappa shape index (κ1) is 14.2. The highest BCUT2D eigenvalue weighted by Gasteiger charge is 2.07. The van der Waals surface area contributed by atoms with E-state index in [9.17, 15) is 9.59 Å². The third kappa shape index (κ3) is 2.82. The Morgan fingerprint density at radius 3 is 2.59 bits per heavy atom. The van der Waals surface area contributed by atoms with Crippen molar-refractivity contribution in [2.75, 3.05) is 0 Å². The van der Waals surface area contributed by atoms with Crippen molar-refractivity contribution in [1.82, 2.24) is 0 Å². The van der Waals surface area contributed by atoms with E-state index in [1.165, 1.54) is 17.4 Å². The van der Waals surface area contributed by atoms with E-state index >= 15 is 0 Å². The van der Waals surface area contributed by atoms with Gasteiger partial charge in [-0.2, -0.15) is 0 Å². The zero-order valence-corrected chi connectivity index (χ0v) is 12.3. The minimum absolute atomic E-state index is 0.00582. The van der Waals surface area contributed by atoms with Crippen LogP contribution in [0.4, 0.5) is 0 Å². The Morgan fingerprint density at radius 2 is 1.86 bits per heavy atom. The number of rotatable bonds is 3. The van der Waals surface area contributed by atoms with Gasteiger partial charge in [0.25, 0.3) is 0 Å². The molecular formula is C18H12O3S. The van der Waals surface area contributed by atoms with E-state index in [0.717, 1.165) is 21.9 Å². The molecule has 3 rings (SSSR count). The van der Waals surface area contributed by atoms with Crippen molar-refractivity contribution in [3.8, 4) is 11.1 Å². The fourth-order valence-electron chi connectivity index (χ4n) is 2.23. The van der Waals surface area contributed by atoms with E-state index in [0.29, 0.717) is 10.9 Å². The van der Waals surface area contributed by atoms with Crippen LogP contribution in [0.15, 0.2) is 64.8 Å². The lowest BCUT2D eigenvalue weighted by atomic mass is 10.1. The van der Waals surface area contributed by atoms with Gasteiger partial charge in [0.2, 0.25) is 0 Å². The molecular weight excluding hydrogens is 296 g/mol. The second-order valence-electron chi connectivity index (χ2n) is 4.77. The topological polar surface area (TPSA) is 54.4 Å². The Bertz CT molecular complexity index is 924. The van der Waals surface area contributed by atoms with Gasteiger partial charge in [-0.05, 0) is 29.3 Å². The lowest BCUT2D eigenvalue weighted by Gasteiger charge is -2.03. The van der Waals surface area contributed by atoms with Crippen LogP contribution in [-0.2, 0) is 4.79 Å². The zero-order chi connectivity index (χ0) is 15.5. The molecule has 3 aromatic rings. The summed E-state index contributed by atoms with van der Waals surface area (Å²) in [6.45, 7) is 0. The lowest BCUT2D eigenvalue weighted by Crippen LogP contribution is -2.03. The highest BCUT2D eigenvalue weighted by Crippen LogP contribution is 2.24. The molecule has 1 aromatic heterocycles. The summed E-state index contributed by atoms with van der Waals surface area (Å²) in [6.07, 6.45) is 2.60. The minimum atomic E-state index is -0.993. The molecule has 0 atom stereocenters. The van der Waals surface area contributed by atoms with Crippen LogP contribution in [0.2, 0.25) is 0 Å². The Balaban J connectivity index is 2.11. The molecule has 0 bridgehead atoms. The normalized spacial score (nSPS) is 11.1. The average molecular weight is 308 g/mol. The van der Waals surface area contributed by atoms with Crippen molar-refractivity contribution in [3.05, 3.63) is 75.8 Å². The van der Waals surface area contributed by atoms with Crippen LogP contribution in [0.25, 0.3) is 27.3 Å². The Kier molecular flexibility index (Phi) is 3.85. The molecule has 0 aliphatic heterocycles. The standard InChI is InChI=1S/C18H12O3S/c19-17(20)9-7-12-6-8-14-16(10-12)22-11-15(18(14)21)13-4-2-1-3-5-13/h1-11H,(H,19,20)/b9-7+. The summed E-state index contributed by atoms with van der Waals surface area (Å²) in [4.78, 5) is 23.2. The van der Waals surface area contributed by atoms with Crippen LogP contribution < -0.4 is 5.43 Å². The van der Waals surface area contributed by atoms with E-state index in [-0.39, 0.29) is 5.43 Å². The lowest BCUT2D eigenvalue weighted by molar-refractivity contribution is -0.131. The van der Waals surface area contributed by atoms with E-state index in [4.69, 9.17) is 5.11 Å². The molecule has 22 heavy (non-hydrogen) atoms. The number of aliphatic carboxylic acids is 1. The molecule has 0 radical (unpaired) electrons. The Labute approximate surface area is 130 Å². The maximum Gasteiger partial charge on any atom is 0.328 e. The molecule has 3 nitrogen and oxygen atoms in total. The van der Waals surface area contributed by atoms with Crippen LogP contribution >= 0.6 is 11.3 Å². The minimum Gasteiger partial charge on any atom is -0.478 e. The highest BCUT2D eigenvalue weighted by atomic mass is 32.1. The van der Waals surface area contributed by atoms with Gasteiger partial charge < -0.3 is 5.11 Å². The van der Waals surface area contributed by atoms with Gasteiger partial charge in [-0.1, -0.05) is 36.4 Å². The van der Waals surface area contributed by atoms with E-state index < -0.39 is 5.97 Å². The average Bonchev–Trinajstić information content (AvgIpc) is 2.54. The number of benzene rings is 2. The molecule has 0 saturated heterocycles. The van der Waals surface area contributed by atoms with Gasteiger partial charge >= 0.3 is 5.97 Å². The van der Waals surface area contributed by atoms with Crippen LogP contribution in [0.3, 0.4) is 0 Å². The number of carbonyl (C=O) groups is 1. The molecule has 0 saturated carbocycles. The summed E-state index contributed by atoms with van der Waals surface area (Å²) in [5.41, 5.74) is 2.35. The van der Waals surface area contributed by atoms with Gasteiger partial charge in [-0.25, -0.2) is 4.79 Å². The first-order chi connectivity index (χ1) is 10.6. The molecule has 1 N–H and O–H groups in total. The van der Waals surface area contributed by atoms with Gasteiger partial charge in [0.1, 0.15) is 0 Å². The number of hydrogen-bond acceptors (Lipinski definition) is 3. The highest BCUT2D eigenvalue weighted by molar-refractivity contribution is 7.16. The molecule has 108 valence electrons. The fraction of sp³-hybridized carbons (Fsp3) is 0. The second-order valence-corrected chi connectivity index (χ2v) is 5.68. The summed E-state index contributed by atoms with van der Waals surface area (Å²) in [6, 6.07) is 14.9. The number of hydrogen-bond donors (Lipinski definition) is 1. The van der Waals surface area contributed by atoms with Crippen molar-refractivity contribution in [3.63, 3.8) is 0 Å². The summed E-state index contributed by atoms with van der Waals surface area (Å²) in [7, 11) is 0. The molecule has 4 heteroatoms. The summed E-state index contributed by atoms with van der Waals surface area (Å²) < 4.78 is 0.845. The van der Waals surface area contributed by atoms with Gasteiger partial charge in [0, 0.05) is 27.1 Å². The monoisotopic (exact) mass is 308 g/mol. The third-order valence-electron chi connectivity index (χ3n) is 3.30. The SMILES string of the molecule is O=C(O)/C=C/c1ccc2c(=O)c(-c3ccccc3)csc2c1. The third-order valence-corrected chi connectivity index (χ3v) is 4.25. The largest absolute Gasteiger partial charge is 0.478 e. The molecule has 0 amide bonds. The van der Waals surface area contributed by atoms with Crippen LogP contribution in [-0.4, -0.2) is 11.1 Å². The maximum absolute atomic E-state index is 12.6. The Hall–Kier alpha value is -2.72. The van der Waals surface area contributed by atoms with Gasteiger partial charge in [-0.3, -0.25) is 4.79 Å².